The highest BCUT2D eigenvalue weighted by atomic mass is 16.3. The van der Waals surface area contributed by atoms with Crippen LogP contribution >= 0.6 is 0 Å². The van der Waals surface area contributed by atoms with Crippen molar-refractivity contribution in [1.29, 1.82) is 0 Å². The molecule has 0 aromatic heterocycles. The quantitative estimate of drug-likeness (QED) is 0.731. The predicted octanol–water partition coefficient (Wildman–Crippen LogP) is 2.95. The van der Waals surface area contributed by atoms with E-state index >= 15 is 0 Å². The topological polar surface area (TPSA) is 32.3 Å². The number of hydrogen-bond acceptors (Lipinski definition) is 2. The maximum atomic E-state index is 9.61. The Kier molecular flexibility index (Phi) is 5.77. The summed E-state index contributed by atoms with van der Waals surface area (Å²) in [4.78, 5) is 0. The minimum atomic E-state index is 0.181. The molecule has 0 aromatic carbocycles. The Morgan fingerprint density at radius 3 is 2.31 bits per heavy atom. The third-order valence-electron chi connectivity index (χ3n) is 4.55. The van der Waals surface area contributed by atoms with Crippen LogP contribution in [0, 0.1) is 11.3 Å². The summed E-state index contributed by atoms with van der Waals surface area (Å²) in [5.41, 5.74) is 0.181. The Balaban J connectivity index is 2.38. The van der Waals surface area contributed by atoms with E-state index in [0.717, 1.165) is 12.5 Å². The van der Waals surface area contributed by atoms with Crippen LogP contribution in [0.3, 0.4) is 0 Å². The van der Waals surface area contributed by atoms with Crippen molar-refractivity contribution < 1.29 is 5.11 Å². The van der Waals surface area contributed by atoms with Gasteiger partial charge in [-0.2, -0.15) is 0 Å². The molecule has 2 atom stereocenters. The Labute approximate surface area is 101 Å². The van der Waals surface area contributed by atoms with Crippen LogP contribution in [0.15, 0.2) is 0 Å². The zero-order chi connectivity index (χ0) is 12.0. The zero-order valence-electron chi connectivity index (χ0n) is 11.3. The summed E-state index contributed by atoms with van der Waals surface area (Å²) in [7, 11) is 0. The molecule has 0 heterocycles. The second kappa shape index (κ2) is 6.61. The molecule has 1 fully saturated rings. The molecule has 0 bridgehead atoms. The summed E-state index contributed by atoms with van der Waals surface area (Å²) < 4.78 is 0. The van der Waals surface area contributed by atoms with Crippen LogP contribution < -0.4 is 5.32 Å². The lowest BCUT2D eigenvalue weighted by Gasteiger charge is -2.37. The molecular weight excluding hydrogens is 198 g/mol. The molecule has 0 amide bonds. The summed E-state index contributed by atoms with van der Waals surface area (Å²) in [6.07, 6.45) is 7.55. The van der Waals surface area contributed by atoms with Crippen molar-refractivity contribution in [2.45, 2.75) is 65.3 Å². The van der Waals surface area contributed by atoms with E-state index in [1.807, 2.05) is 0 Å². The normalized spacial score (nSPS) is 24.0. The molecule has 0 saturated heterocycles. The molecule has 1 aliphatic carbocycles. The molecule has 16 heavy (non-hydrogen) atoms. The number of aliphatic hydroxyl groups excluding tert-OH is 1. The number of rotatable bonds is 6. The van der Waals surface area contributed by atoms with Crippen LogP contribution in [0.5, 0.6) is 0 Å². The average Bonchev–Trinajstić information content (AvgIpc) is 2.36. The van der Waals surface area contributed by atoms with Crippen molar-refractivity contribution in [1.82, 2.24) is 5.32 Å². The summed E-state index contributed by atoms with van der Waals surface area (Å²) in [5, 5.41) is 13.2. The minimum absolute atomic E-state index is 0.181. The van der Waals surface area contributed by atoms with Gasteiger partial charge in [-0.1, -0.05) is 39.5 Å². The summed E-state index contributed by atoms with van der Waals surface area (Å²) in [6, 6.07) is 0.565. The highest BCUT2D eigenvalue weighted by molar-refractivity contribution is 4.85. The van der Waals surface area contributed by atoms with Gasteiger partial charge in [0, 0.05) is 24.6 Å². The van der Waals surface area contributed by atoms with Crippen molar-refractivity contribution in [2.24, 2.45) is 11.3 Å². The summed E-state index contributed by atoms with van der Waals surface area (Å²) in [6.45, 7) is 8.15. The summed E-state index contributed by atoms with van der Waals surface area (Å²) in [5.74, 6) is 0.722. The largest absolute Gasteiger partial charge is 0.396 e. The van der Waals surface area contributed by atoms with Crippen molar-refractivity contribution >= 4 is 0 Å². The SMILES string of the molecule is CCC(C)C(C)NCC1(CO)CCCCC1. The fourth-order valence-electron chi connectivity index (χ4n) is 2.62. The van der Waals surface area contributed by atoms with E-state index in [1.54, 1.807) is 0 Å². The molecule has 0 aromatic rings. The van der Waals surface area contributed by atoms with Gasteiger partial charge in [0.15, 0.2) is 0 Å². The smallest absolute Gasteiger partial charge is 0.0499 e. The van der Waals surface area contributed by atoms with Gasteiger partial charge in [-0.25, -0.2) is 0 Å². The molecule has 2 heteroatoms. The third kappa shape index (κ3) is 3.74. The van der Waals surface area contributed by atoms with Crippen molar-refractivity contribution in [3.8, 4) is 0 Å². The lowest BCUT2D eigenvalue weighted by Crippen LogP contribution is -2.44. The second-order valence-electron chi connectivity index (χ2n) is 5.77. The first-order valence-electron chi connectivity index (χ1n) is 6.98. The standard InChI is InChI=1S/C14H29NO/c1-4-12(2)13(3)15-10-14(11-16)8-6-5-7-9-14/h12-13,15-16H,4-11H2,1-3H3. The summed E-state index contributed by atoms with van der Waals surface area (Å²) >= 11 is 0. The first kappa shape index (κ1) is 14.0. The molecule has 2 nitrogen and oxygen atoms in total. The van der Waals surface area contributed by atoms with E-state index in [9.17, 15) is 5.11 Å². The zero-order valence-corrected chi connectivity index (χ0v) is 11.3. The molecular formula is C14H29NO. The van der Waals surface area contributed by atoms with E-state index in [1.165, 1.54) is 38.5 Å². The Bertz CT molecular complexity index is 187. The van der Waals surface area contributed by atoms with Crippen LogP contribution in [0.1, 0.15) is 59.3 Å². The van der Waals surface area contributed by atoms with E-state index < -0.39 is 0 Å². The van der Waals surface area contributed by atoms with Gasteiger partial charge >= 0.3 is 0 Å². The van der Waals surface area contributed by atoms with Gasteiger partial charge in [0.25, 0.3) is 0 Å². The van der Waals surface area contributed by atoms with Crippen LogP contribution in [0.2, 0.25) is 0 Å². The van der Waals surface area contributed by atoms with Crippen molar-refractivity contribution in [3.05, 3.63) is 0 Å². The average molecular weight is 227 g/mol. The highest BCUT2D eigenvalue weighted by Crippen LogP contribution is 2.35. The number of nitrogens with one attached hydrogen (secondary N) is 1. The molecule has 0 radical (unpaired) electrons. The predicted molar refractivity (Wildman–Crippen MR) is 69.5 cm³/mol. The number of aliphatic hydroxyl groups is 1. The van der Waals surface area contributed by atoms with Gasteiger partial charge in [-0.05, 0) is 25.7 Å². The van der Waals surface area contributed by atoms with E-state index in [4.69, 9.17) is 0 Å². The van der Waals surface area contributed by atoms with E-state index in [-0.39, 0.29) is 5.41 Å². The first-order chi connectivity index (χ1) is 7.63. The molecule has 1 saturated carbocycles. The second-order valence-corrected chi connectivity index (χ2v) is 5.77. The molecule has 0 aliphatic heterocycles. The fraction of sp³-hybridized carbons (Fsp3) is 1.00. The van der Waals surface area contributed by atoms with Crippen molar-refractivity contribution in [2.75, 3.05) is 13.2 Å². The van der Waals surface area contributed by atoms with Gasteiger partial charge in [-0.15, -0.1) is 0 Å². The van der Waals surface area contributed by atoms with E-state index in [2.05, 4.69) is 26.1 Å². The van der Waals surface area contributed by atoms with E-state index in [0.29, 0.717) is 12.6 Å². The maximum Gasteiger partial charge on any atom is 0.0499 e. The fourth-order valence-corrected chi connectivity index (χ4v) is 2.62. The lowest BCUT2D eigenvalue weighted by molar-refractivity contribution is 0.0767. The molecule has 96 valence electrons. The lowest BCUT2D eigenvalue weighted by atomic mass is 9.74. The van der Waals surface area contributed by atoms with Gasteiger partial charge in [-0.3, -0.25) is 0 Å². The molecule has 2 N–H and O–H groups in total. The van der Waals surface area contributed by atoms with Gasteiger partial charge in [0.2, 0.25) is 0 Å². The first-order valence-corrected chi connectivity index (χ1v) is 6.98. The highest BCUT2D eigenvalue weighted by Gasteiger charge is 2.31. The Morgan fingerprint density at radius 1 is 1.19 bits per heavy atom. The van der Waals surface area contributed by atoms with Crippen LogP contribution in [0.25, 0.3) is 0 Å². The molecule has 1 aliphatic rings. The van der Waals surface area contributed by atoms with Gasteiger partial charge in [0.05, 0.1) is 0 Å². The maximum absolute atomic E-state index is 9.61. The molecule has 0 spiro atoms. The monoisotopic (exact) mass is 227 g/mol. The number of hydrogen-bond donors (Lipinski definition) is 2. The molecule has 2 unspecified atom stereocenters. The third-order valence-corrected chi connectivity index (χ3v) is 4.55. The Hall–Kier alpha value is -0.0800. The van der Waals surface area contributed by atoms with Gasteiger partial charge < -0.3 is 10.4 Å². The Morgan fingerprint density at radius 2 is 1.81 bits per heavy atom. The minimum Gasteiger partial charge on any atom is -0.396 e. The molecule has 1 rings (SSSR count). The van der Waals surface area contributed by atoms with Gasteiger partial charge in [0.1, 0.15) is 0 Å². The van der Waals surface area contributed by atoms with Crippen LogP contribution in [-0.4, -0.2) is 24.3 Å². The van der Waals surface area contributed by atoms with Crippen LogP contribution in [0.4, 0.5) is 0 Å². The van der Waals surface area contributed by atoms with Crippen molar-refractivity contribution in [3.63, 3.8) is 0 Å². The van der Waals surface area contributed by atoms with Crippen LogP contribution in [-0.2, 0) is 0 Å².